The average molecular weight is 200 g/mol. The van der Waals surface area contributed by atoms with Gasteiger partial charge in [-0.2, -0.15) is 0 Å². The van der Waals surface area contributed by atoms with E-state index in [9.17, 15) is 4.79 Å². The number of hydrogen-bond donors (Lipinski definition) is 2. The number of carbonyl (C=O) groups excluding carboxylic acids is 1. The highest BCUT2D eigenvalue weighted by molar-refractivity contribution is 5.77. The van der Waals surface area contributed by atoms with Crippen molar-refractivity contribution >= 4 is 5.91 Å². The van der Waals surface area contributed by atoms with Crippen LogP contribution >= 0.6 is 0 Å². The molecule has 0 aliphatic heterocycles. The standard InChI is InChI=1S/C11H24N2O/c1-6-11(5,8-12)13-9(14)7-10(2,3)4/h6-8,12H2,1-5H3,(H,13,14). The van der Waals surface area contributed by atoms with Gasteiger partial charge in [-0.05, 0) is 18.8 Å². The Morgan fingerprint density at radius 3 is 2.07 bits per heavy atom. The number of nitrogens with two attached hydrogens (primary N) is 1. The van der Waals surface area contributed by atoms with Crippen molar-refractivity contribution in [3.8, 4) is 0 Å². The number of carbonyl (C=O) groups is 1. The van der Waals surface area contributed by atoms with Gasteiger partial charge in [0.15, 0.2) is 0 Å². The summed E-state index contributed by atoms with van der Waals surface area (Å²) >= 11 is 0. The van der Waals surface area contributed by atoms with E-state index in [1.165, 1.54) is 0 Å². The van der Waals surface area contributed by atoms with Gasteiger partial charge >= 0.3 is 0 Å². The molecule has 14 heavy (non-hydrogen) atoms. The second-order valence-corrected chi connectivity index (χ2v) is 5.40. The van der Waals surface area contributed by atoms with Crippen LogP contribution in [0.25, 0.3) is 0 Å². The van der Waals surface area contributed by atoms with Gasteiger partial charge in [-0.1, -0.05) is 27.7 Å². The molecule has 0 saturated heterocycles. The molecule has 1 unspecified atom stereocenters. The molecule has 0 rings (SSSR count). The van der Waals surface area contributed by atoms with Gasteiger partial charge in [0.2, 0.25) is 5.91 Å². The summed E-state index contributed by atoms with van der Waals surface area (Å²) in [5, 5.41) is 2.99. The maximum Gasteiger partial charge on any atom is 0.220 e. The third-order valence-corrected chi connectivity index (χ3v) is 2.36. The van der Waals surface area contributed by atoms with Gasteiger partial charge in [-0.3, -0.25) is 4.79 Å². The van der Waals surface area contributed by atoms with Gasteiger partial charge in [0.05, 0.1) is 0 Å². The average Bonchev–Trinajstić information content (AvgIpc) is 2.00. The molecule has 0 aliphatic rings. The number of nitrogens with one attached hydrogen (secondary N) is 1. The van der Waals surface area contributed by atoms with Crippen molar-refractivity contribution in [1.82, 2.24) is 5.32 Å². The second kappa shape index (κ2) is 4.78. The van der Waals surface area contributed by atoms with Crippen LogP contribution in [0.4, 0.5) is 0 Å². The summed E-state index contributed by atoms with van der Waals surface area (Å²) < 4.78 is 0. The van der Waals surface area contributed by atoms with Gasteiger partial charge in [-0.25, -0.2) is 0 Å². The van der Waals surface area contributed by atoms with Crippen LogP contribution in [-0.4, -0.2) is 18.0 Å². The van der Waals surface area contributed by atoms with Crippen LogP contribution in [0.15, 0.2) is 0 Å². The fraction of sp³-hybridized carbons (Fsp3) is 0.909. The molecule has 3 nitrogen and oxygen atoms in total. The van der Waals surface area contributed by atoms with Gasteiger partial charge in [0.25, 0.3) is 0 Å². The second-order valence-electron chi connectivity index (χ2n) is 5.40. The van der Waals surface area contributed by atoms with E-state index in [0.29, 0.717) is 13.0 Å². The molecule has 1 atom stereocenters. The molecule has 1 amide bonds. The molecule has 3 N–H and O–H groups in total. The molecule has 84 valence electrons. The van der Waals surface area contributed by atoms with Crippen molar-refractivity contribution < 1.29 is 4.79 Å². The van der Waals surface area contributed by atoms with Crippen LogP contribution in [0, 0.1) is 5.41 Å². The third-order valence-electron chi connectivity index (χ3n) is 2.36. The van der Waals surface area contributed by atoms with Gasteiger partial charge in [0.1, 0.15) is 0 Å². The van der Waals surface area contributed by atoms with E-state index >= 15 is 0 Å². The summed E-state index contributed by atoms with van der Waals surface area (Å²) in [7, 11) is 0. The smallest absolute Gasteiger partial charge is 0.220 e. The molecular weight excluding hydrogens is 176 g/mol. The lowest BCUT2D eigenvalue weighted by molar-refractivity contribution is -0.124. The maximum atomic E-state index is 11.6. The largest absolute Gasteiger partial charge is 0.350 e. The number of rotatable bonds is 4. The van der Waals surface area contributed by atoms with E-state index in [0.717, 1.165) is 6.42 Å². The quantitative estimate of drug-likeness (QED) is 0.725. The van der Waals surface area contributed by atoms with Crippen LogP contribution in [0.1, 0.15) is 47.5 Å². The summed E-state index contributed by atoms with van der Waals surface area (Å²) in [6, 6.07) is 0. The Morgan fingerprint density at radius 2 is 1.79 bits per heavy atom. The Hall–Kier alpha value is -0.570. The Balaban J connectivity index is 4.18. The number of hydrogen-bond acceptors (Lipinski definition) is 2. The van der Waals surface area contributed by atoms with E-state index < -0.39 is 0 Å². The summed E-state index contributed by atoms with van der Waals surface area (Å²) in [4.78, 5) is 11.6. The highest BCUT2D eigenvalue weighted by atomic mass is 16.1. The highest BCUT2D eigenvalue weighted by Gasteiger charge is 2.24. The van der Waals surface area contributed by atoms with Gasteiger partial charge in [-0.15, -0.1) is 0 Å². The Morgan fingerprint density at radius 1 is 1.29 bits per heavy atom. The fourth-order valence-electron chi connectivity index (χ4n) is 1.15. The zero-order valence-electron chi connectivity index (χ0n) is 10.1. The first-order valence-corrected chi connectivity index (χ1v) is 5.23. The molecule has 0 spiro atoms. The Bertz CT molecular complexity index is 190. The minimum Gasteiger partial charge on any atom is -0.350 e. The predicted octanol–water partition coefficient (Wildman–Crippen LogP) is 1.67. The molecule has 0 radical (unpaired) electrons. The van der Waals surface area contributed by atoms with Crippen LogP contribution < -0.4 is 11.1 Å². The predicted molar refractivity (Wildman–Crippen MR) is 60.0 cm³/mol. The SMILES string of the molecule is CCC(C)(CN)NC(=O)CC(C)(C)C. The zero-order chi connectivity index (χ0) is 11.4. The van der Waals surface area contributed by atoms with Crippen LogP contribution in [-0.2, 0) is 4.79 Å². The molecule has 0 aromatic carbocycles. The van der Waals surface area contributed by atoms with E-state index in [-0.39, 0.29) is 16.9 Å². The molecule has 0 saturated carbocycles. The third kappa shape index (κ3) is 5.22. The first kappa shape index (κ1) is 13.4. The topological polar surface area (TPSA) is 55.1 Å². The minimum atomic E-state index is -0.248. The molecule has 0 aliphatic carbocycles. The Labute approximate surface area is 87.4 Å². The first-order chi connectivity index (χ1) is 6.22. The van der Waals surface area contributed by atoms with E-state index in [1.54, 1.807) is 0 Å². The van der Waals surface area contributed by atoms with Crippen molar-refractivity contribution in [3.63, 3.8) is 0 Å². The molecule has 0 aromatic heterocycles. The lowest BCUT2D eigenvalue weighted by Gasteiger charge is -2.29. The van der Waals surface area contributed by atoms with Crippen LogP contribution in [0.2, 0.25) is 0 Å². The molecule has 0 bridgehead atoms. The van der Waals surface area contributed by atoms with Gasteiger partial charge in [0, 0.05) is 18.5 Å². The minimum absolute atomic E-state index is 0.0351. The normalized spacial score (nSPS) is 16.1. The zero-order valence-corrected chi connectivity index (χ0v) is 10.1. The lowest BCUT2D eigenvalue weighted by atomic mass is 9.90. The maximum absolute atomic E-state index is 11.6. The van der Waals surface area contributed by atoms with Gasteiger partial charge < -0.3 is 11.1 Å². The molecule has 0 heterocycles. The summed E-state index contributed by atoms with van der Waals surface area (Å²) in [6.45, 7) is 10.7. The molecular formula is C11H24N2O. The molecule has 0 aromatic rings. The lowest BCUT2D eigenvalue weighted by Crippen LogP contribution is -2.51. The summed E-state index contributed by atoms with van der Waals surface area (Å²) in [6.07, 6.45) is 1.40. The van der Waals surface area contributed by atoms with E-state index in [1.807, 2.05) is 13.8 Å². The van der Waals surface area contributed by atoms with Crippen molar-refractivity contribution in [2.24, 2.45) is 11.1 Å². The number of amides is 1. The van der Waals surface area contributed by atoms with E-state index in [4.69, 9.17) is 5.73 Å². The van der Waals surface area contributed by atoms with E-state index in [2.05, 4.69) is 26.1 Å². The fourth-order valence-corrected chi connectivity index (χ4v) is 1.15. The van der Waals surface area contributed by atoms with Crippen molar-refractivity contribution in [2.75, 3.05) is 6.54 Å². The molecule has 0 fully saturated rings. The van der Waals surface area contributed by atoms with Crippen molar-refractivity contribution in [2.45, 2.75) is 53.0 Å². The highest BCUT2D eigenvalue weighted by Crippen LogP contribution is 2.19. The summed E-state index contributed by atoms with van der Waals surface area (Å²) in [5.74, 6) is 0.0901. The monoisotopic (exact) mass is 200 g/mol. The van der Waals surface area contributed by atoms with Crippen molar-refractivity contribution in [3.05, 3.63) is 0 Å². The van der Waals surface area contributed by atoms with Crippen molar-refractivity contribution in [1.29, 1.82) is 0 Å². The molecule has 3 heteroatoms. The summed E-state index contributed by atoms with van der Waals surface area (Å²) in [5.41, 5.74) is 5.40. The van der Waals surface area contributed by atoms with Crippen LogP contribution in [0.5, 0.6) is 0 Å². The van der Waals surface area contributed by atoms with Crippen LogP contribution in [0.3, 0.4) is 0 Å². The first-order valence-electron chi connectivity index (χ1n) is 5.23. The Kier molecular flexibility index (Phi) is 4.59.